The Morgan fingerprint density at radius 2 is 2.00 bits per heavy atom. The van der Waals surface area contributed by atoms with Gasteiger partial charge in [-0.05, 0) is 18.2 Å². The van der Waals surface area contributed by atoms with Gasteiger partial charge in [0.25, 0.3) is 0 Å². The molecule has 3 N–H and O–H groups in total. The van der Waals surface area contributed by atoms with Crippen molar-refractivity contribution in [3.05, 3.63) is 34.9 Å². The summed E-state index contributed by atoms with van der Waals surface area (Å²) in [5.74, 6) is 0.548. The highest BCUT2D eigenvalue weighted by atomic mass is 79.9. The molecular weight excluding hydrogens is 254 g/mol. The Kier molecular flexibility index (Phi) is 1.73. The van der Waals surface area contributed by atoms with Crippen molar-refractivity contribution in [1.29, 1.82) is 0 Å². The molecule has 0 unspecified atom stereocenters. The number of halogens is 1. The number of anilines is 1. The number of nitrogen functional groups attached to an aromatic ring is 1. The predicted molar refractivity (Wildman–Crippen MR) is 65.7 cm³/mol. The van der Waals surface area contributed by atoms with E-state index in [4.69, 9.17) is 5.73 Å². The number of H-pyrrole nitrogens is 1. The second-order valence-corrected chi connectivity index (χ2v) is 4.39. The van der Waals surface area contributed by atoms with E-state index in [9.17, 15) is 0 Å². The lowest BCUT2D eigenvalue weighted by atomic mass is 10.2. The molecule has 0 aliphatic heterocycles. The van der Waals surface area contributed by atoms with Crippen molar-refractivity contribution in [2.45, 2.75) is 0 Å². The minimum atomic E-state index is 0.548. The maximum Gasteiger partial charge on any atom is 0.124 e. The zero-order valence-corrected chi connectivity index (χ0v) is 9.38. The molecule has 15 heavy (non-hydrogen) atoms. The fraction of sp³-hybridized carbons (Fsp3) is 0. The Labute approximate surface area is 94.4 Å². The number of fused-ring (bicyclic) bond motifs is 3. The molecule has 0 radical (unpaired) electrons. The lowest BCUT2D eigenvalue weighted by Crippen LogP contribution is -1.87. The summed E-state index contributed by atoms with van der Waals surface area (Å²) >= 11 is 3.44. The topological polar surface area (TPSA) is 54.7 Å². The molecule has 0 aliphatic rings. The quantitative estimate of drug-likeness (QED) is 0.654. The molecule has 3 aromatic rings. The first-order valence-corrected chi connectivity index (χ1v) is 5.36. The highest BCUT2D eigenvalue weighted by Crippen LogP contribution is 2.27. The van der Waals surface area contributed by atoms with E-state index in [1.165, 1.54) is 5.39 Å². The van der Waals surface area contributed by atoms with E-state index in [0.717, 1.165) is 20.9 Å². The molecule has 2 heterocycles. The summed E-state index contributed by atoms with van der Waals surface area (Å²) < 4.78 is 1.06. The third kappa shape index (κ3) is 1.29. The summed E-state index contributed by atoms with van der Waals surface area (Å²) in [4.78, 5) is 7.36. The monoisotopic (exact) mass is 261 g/mol. The number of nitrogens with one attached hydrogen (secondary N) is 1. The molecule has 74 valence electrons. The number of hydrogen-bond acceptors (Lipinski definition) is 2. The Balaban J connectivity index is 2.53. The number of pyridine rings is 1. The second kappa shape index (κ2) is 2.97. The highest BCUT2D eigenvalue weighted by molar-refractivity contribution is 9.10. The van der Waals surface area contributed by atoms with Gasteiger partial charge in [0, 0.05) is 20.8 Å². The molecule has 1 aromatic carbocycles. The van der Waals surface area contributed by atoms with Crippen molar-refractivity contribution >= 4 is 43.6 Å². The molecular formula is C11H8BrN3. The first-order valence-electron chi connectivity index (χ1n) is 4.56. The maximum atomic E-state index is 5.67. The van der Waals surface area contributed by atoms with Crippen molar-refractivity contribution in [3.63, 3.8) is 0 Å². The van der Waals surface area contributed by atoms with Crippen LogP contribution in [0.5, 0.6) is 0 Å². The summed E-state index contributed by atoms with van der Waals surface area (Å²) in [5.41, 5.74) is 7.77. The number of hydrogen-bond donors (Lipinski definition) is 2. The minimum absolute atomic E-state index is 0.548. The number of aromatic amines is 1. The summed E-state index contributed by atoms with van der Waals surface area (Å²) in [6, 6.07) is 8.03. The fourth-order valence-corrected chi connectivity index (χ4v) is 2.15. The van der Waals surface area contributed by atoms with E-state index in [0.29, 0.717) is 5.82 Å². The Morgan fingerprint density at radius 3 is 2.87 bits per heavy atom. The summed E-state index contributed by atoms with van der Waals surface area (Å²) in [7, 11) is 0. The van der Waals surface area contributed by atoms with Crippen LogP contribution in [0.2, 0.25) is 0 Å². The van der Waals surface area contributed by atoms with Gasteiger partial charge in [0.2, 0.25) is 0 Å². The summed E-state index contributed by atoms with van der Waals surface area (Å²) in [6.45, 7) is 0. The van der Waals surface area contributed by atoms with Crippen LogP contribution in [0.25, 0.3) is 21.8 Å². The molecule has 0 fully saturated rings. The van der Waals surface area contributed by atoms with Crippen molar-refractivity contribution in [2.24, 2.45) is 0 Å². The van der Waals surface area contributed by atoms with Gasteiger partial charge in [-0.25, -0.2) is 4.98 Å². The lowest BCUT2D eigenvalue weighted by Gasteiger charge is -1.93. The van der Waals surface area contributed by atoms with Gasteiger partial charge < -0.3 is 10.7 Å². The zero-order chi connectivity index (χ0) is 10.4. The average Bonchev–Trinajstić information content (AvgIpc) is 2.54. The van der Waals surface area contributed by atoms with Gasteiger partial charge in [-0.1, -0.05) is 22.0 Å². The van der Waals surface area contributed by atoms with Crippen LogP contribution in [-0.2, 0) is 0 Å². The number of benzene rings is 1. The molecule has 2 aromatic heterocycles. The lowest BCUT2D eigenvalue weighted by molar-refractivity contribution is 1.35. The second-order valence-electron chi connectivity index (χ2n) is 3.47. The molecule has 0 spiro atoms. The van der Waals surface area contributed by atoms with Gasteiger partial charge >= 0.3 is 0 Å². The SMILES string of the molecule is Nc1cc2c(cn1)[nH]c1cc(Br)ccc12. The molecule has 0 amide bonds. The number of nitrogens with zero attached hydrogens (tertiary/aromatic N) is 1. The zero-order valence-electron chi connectivity index (χ0n) is 7.79. The van der Waals surface area contributed by atoms with E-state index >= 15 is 0 Å². The minimum Gasteiger partial charge on any atom is -0.384 e. The molecule has 0 saturated heterocycles. The number of rotatable bonds is 0. The van der Waals surface area contributed by atoms with E-state index in [1.807, 2.05) is 18.2 Å². The molecule has 0 bridgehead atoms. The largest absolute Gasteiger partial charge is 0.384 e. The van der Waals surface area contributed by atoms with Crippen molar-refractivity contribution in [1.82, 2.24) is 9.97 Å². The van der Waals surface area contributed by atoms with Crippen LogP contribution < -0.4 is 5.73 Å². The Bertz CT molecular complexity index is 657. The van der Waals surface area contributed by atoms with Gasteiger partial charge in [0.15, 0.2) is 0 Å². The molecule has 0 aliphatic carbocycles. The van der Waals surface area contributed by atoms with Crippen LogP contribution in [0.15, 0.2) is 34.9 Å². The van der Waals surface area contributed by atoms with E-state index in [2.05, 4.69) is 32.0 Å². The summed E-state index contributed by atoms with van der Waals surface area (Å²) in [6.07, 6.45) is 1.76. The normalized spacial score (nSPS) is 11.3. The maximum absolute atomic E-state index is 5.67. The standard InChI is InChI=1S/C11H8BrN3/c12-6-1-2-7-8-4-11(13)14-5-10(8)15-9(7)3-6/h1-5,15H,(H2,13,14). The van der Waals surface area contributed by atoms with Gasteiger partial charge in [0.05, 0.1) is 11.7 Å². The molecule has 4 heteroatoms. The Morgan fingerprint density at radius 1 is 1.13 bits per heavy atom. The van der Waals surface area contributed by atoms with Gasteiger partial charge in [0.1, 0.15) is 5.82 Å². The fourth-order valence-electron chi connectivity index (χ4n) is 1.79. The molecule has 3 nitrogen and oxygen atoms in total. The van der Waals surface area contributed by atoms with Crippen molar-refractivity contribution in [2.75, 3.05) is 5.73 Å². The van der Waals surface area contributed by atoms with Crippen LogP contribution in [0.4, 0.5) is 5.82 Å². The average molecular weight is 262 g/mol. The Hall–Kier alpha value is -1.55. The summed E-state index contributed by atoms with van der Waals surface area (Å²) in [5, 5.41) is 2.28. The van der Waals surface area contributed by atoms with Crippen LogP contribution in [-0.4, -0.2) is 9.97 Å². The first-order chi connectivity index (χ1) is 7.24. The highest BCUT2D eigenvalue weighted by Gasteiger charge is 2.04. The van der Waals surface area contributed by atoms with Crippen molar-refractivity contribution < 1.29 is 0 Å². The third-order valence-electron chi connectivity index (χ3n) is 2.47. The van der Waals surface area contributed by atoms with Crippen LogP contribution in [0, 0.1) is 0 Å². The molecule has 3 rings (SSSR count). The van der Waals surface area contributed by atoms with Gasteiger partial charge in [-0.2, -0.15) is 0 Å². The first kappa shape index (κ1) is 8.73. The van der Waals surface area contributed by atoms with Gasteiger partial charge in [-0.15, -0.1) is 0 Å². The van der Waals surface area contributed by atoms with E-state index in [1.54, 1.807) is 6.20 Å². The smallest absolute Gasteiger partial charge is 0.124 e. The van der Waals surface area contributed by atoms with E-state index in [-0.39, 0.29) is 0 Å². The third-order valence-corrected chi connectivity index (χ3v) is 2.96. The number of nitrogens with two attached hydrogens (primary N) is 1. The van der Waals surface area contributed by atoms with Crippen molar-refractivity contribution in [3.8, 4) is 0 Å². The number of aromatic nitrogens is 2. The van der Waals surface area contributed by atoms with E-state index < -0.39 is 0 Å². The van der Waals surface area contributed by atoms with Crippen LogP contribution in [0.1, 0.15) is 0 Å². The van der Waals surface area contributed by atoms with Gasteiger partial charge in [-0.3, -0.25) is 0 Å². The van der Waals surface area contributed by atoms with Crippen LogP contribution in [0.3, 0.4) is 0 Å². The molecule has 0 atom stereocenters. The predicted octanol–water partition coefficient (Wildman–Crippen LogP) is 3.06. The van der Waals surface area contributed by atoms with Crippen LogP contribution >= 0.6 is 15.9 Å². The molecule has 0 saturated carbocycles.